The molecule has 0 spiro atoms. The molecule has 0 aliphatic carbocycles. The Balaban J connectivity index is 1.36. The molecule has 4 rings (SSSR count). The Kier molecular flexibility index (Phi) is 4.59. The van der Waals surface area contributed by atoms with Crippen LogP contribution in [0.3, 0.4) is 0 Å². The highest BCUT2D eigenvalue weighted by Gasteiger charge is 2.36. The van der Waals surface area contributed by atoms with Crippen LogP contribution in [0.1, 0.15) is 10.5 Å². The molecule has 8 heteroatoms. The number of aromatic nitrogens is 2. The number of nitrogens with zero attached hydrogens (tertiary/aromatic N) is 5. The summed E-state index contributed by atoms with van der Waals surface area (Å²) in [6.45, 7) is 8.04. The van der Waals surface area contributed by atoms with Crippen LogP contribution in [0.2, 0.25) is 0 Å². The molecule has 3 saturated heterocycles. The highest BCUT2D eigenvalue weighted by atomic mass is 16.5. The highest BCUT2D eigenvalue weighted by molar-refractivity contribution is 5.93. The summed E-state index contributed by atoms with van der Waals surface area (Å²) >= 11 is 0. The van der Waals surface area contributed by atoms with Crippen LogP contribution in [-0.4, -0.2) is 97.4 Å². The number of ether oxygens (including phenoxy) is 2. The Morgan fingerprint density at radius 2 is 1.67 bits per heavy atom. The first kappa shape index (κ1) is 15.7. The van der Waals surface area contributed by atoms with E-state index in [2.05, 4.69) is 19.8 Å². The number of morpholine rings is 2. The van der Waals surface area contributed by atoms with Crippen molar-refractivity contribution in [1.29, 1.82) is 0 Å². The van der Waals surface area contributed by atoms with Gasteiger partial charge in [-0.15, -0.1) is 0 Å². The van der Waals surface area contributed by atoms with E-state index in [1.807, 2.05) is 4.90 Å². The lowest BCUT2D eigenvalue weighted by atomic mass is 10.1. The SMILES string of the molecule is O=C(c1cc(N2CCOCC2)ncn1)N1CC(N2CCOCC2)C1. The lowest BCUT2D eigenvalue weighted by Gasteiger charge is -2.46. The van der Waals surface area contributed by atoms with Gasteiger partial charge in [0.1, 0.15) is 17.8 Å². The Morgan fingerprint density at radius 1 is 1.00 bits per heavy atom. The lowest BCUT2D eigenvalue weighted by Crippen LogP contribution is -2.62. The molecule has 3 fully saturated rings. The van der Waals surface area contributed by atoms with E-state index in [9.17, 15) is 4.79 Å². The summed E-state index contributed by atoms with van der Waals surface area (Å²) in [5.41, 5.74) is 0.479. The van der Waals surface area contributed by atoms with Gasteiger partial charge in [-0.3, -0.25) is 9.69 Å². The Labute approximate surface area is 141 Å². The number of likely N-dealkylation sites (tertiary alicyclic amines) is 1. The van der Waals surface area contributed by atoms with Crippen molar-refractivity contribution in [2.24, 2.45) is 0 Å². The molecular weight excluding hydrogens is 310 g/mol. The number of rotatable bonds is 3. The van der Waals surface area contributed by atoms with Crippen molar-refractivity contribution in [2.45, 2.75) is 6.04 Å². The zero-order valence-corrected chi connectivity index (χ0v) is 13.8. The smallest absolute Gasteiger partial charge is 0.272 e. The predicted octanol–water partition coefficient (Wildman–Crippen LogP) is -0.530. The van der Waals surface area contributed by atoms with Crippen molar-refractivity contribution in [3.8, 4) is 0 Å². The highest BCUT2D eigenvalue weighted by Crippen LogP contribution is 2.20. The first-order valence-electron chi connectivity index (χ1n) is 8.57. The lowest BCUT2D eigenvalue weighted by molar-refractivity contribution is -0.0257. The summed E-state index contributed by atoms with van der Waals surface area (Å²) in [7, 11) is 0. The van der Waals surface area contributed by atoms with E-state index in [1.165, 1.54) is 6.33 Å². The van der Waals surface area contributed by atoms with Gasteiger partial charge in [0.05, 0.1) is 26.4 Å². The minimum atomic E-state index is -0.00332. The molecule has 8 nitrogen and oxygen atoms in total. The van der Waals surface area contributed by atoms with Crippen molar-refractivity contribution in [1.82, 2.24) is 19.8 Å². The third-order valence-corrected chi connectivity index (χ3v) is 4.92. The van der Waals surface area contributed by atoms with E-state index >= 15 is 0 Å². The van der Waals surface area contributed by atoms with Gasteiger partial charge >= 0.3 is 0 Å². The molecule has 1 amide bonds. The second-order valence-electron chi connectivity index (χ2n) is 6.37. The maximum Gasteiger partial charge on any atom is 0.272 e. The van der Waals surface area contributed by atoms with Crippen LogP contribution < -0.4 is 4.90 Å². The maximum absolute atomic E-state index is 12.6. The Morgan fingerprint density at radius 3 is 2.38 bits per heavy atom. The summed E-state index contributed by atoms with van der Waals surface area (Å²) in [5, 5.41) is 0. The van der Waals surface area contributed by atoms with Crippen molar-refractivity contribution >= 4 is 11.7 Å². The molecule has 1 aromatic heterocycles. The molecule has 1 aromatic rings. The normalized spacial score (nSPS) is 23.2. The Bertz CT molecular complexity index is 581. The minimum Gasteiger partial charge on any atom is -0.379 e. The summed E-state index contributed by atoms with van der Waals surface area (Å²) in [4.78, 5) is 27.5. The van der Waals surface area contributed by atoms with Gasteiger partial charge < -0.3 is 19.3 Å². The quantitative estimate of drug-likeness (QED) is 0.736. The molecule has 130 valence electrons. The molecule has 0 radical (unpaired) electrons. The molecule has 3 aliphatic rings. The van der Waals surface area contributed by atoms with E-state index in [0.717, 1.165) is 58.3 Å². The first-order chi connectivity index (χ1) is 11.8. The third-order valence-electron chi connectivity index (χ3n) is 4.92. The fourth-order valence-electron chi connectivity index (χ4n) is 3.39. The molecule has 0 bridgehead atoms. The van der Waals surface area contributed by atoms with Gasteiger partial charge in [0.2, 0.25) is 0 Å². The molecule has 0 saturated carbocycles. The van der Waals surface area contributed by atoms with Crippen LogP contribution in [0, 0.1) is 0 Å². The number of anilines is 1. The zero-order valence-electron chi connectivity index (χ0n) is 13.8. The largest absolute Gasteiger partial charge is 0.379 e. The summed E-state index contributed by atoms with van der Waals surface area (Å²) in [6, 6.07) is 2.26. The van der Waals surface area contributed by atoms with Crippen LogP contribution in [0.4, 0.5) is 5.82 Å². The van der Waals surface area contributed by atoms with Crippen LogP contribution in [0.15, 0.2) is 12.4 Å². The van der Waals surface area contributed by atoms with E-state index in [0.29, 0.717) is 24.9 Å². The molecule has 3 aliphatic heterocycles. The van der Waals surface area contributed by atoms with Gasteiger partial charge in [-0.1, -0.05) is 0 Å². The van der Waals surface area contributed by atoms with Crippen LogP contribution in [0.25, 0.3) is 0 Å². The molecule has 0 aromatic carbocycles. The van der Waals surface area contributed by atoms with E-state index in [4.69, 9.17) is 9.47 Å². The Hall–Kier alpha value is -1.77. The molecule has 4 heterocycles. The van der Waals surface area contributed by atoms with E-state index in [-0.39, 0.29) is 5.91 Å². The zero-order chi connectivity index (χ0) is 16.4. The fourth-order valence-corrected chi connectivity index (χ4v) is 3.39. The second kappa shape index (κ2) is 7.00. The van der Waals surface area contributed by atoms with Crippen LogP contribution in [-0.2, 0) is 9.47 Å². The number of amides is 1. The van der Waals surface area contributed by atoms with Gasteiger partial charge in [0.25, 0.3) is 5.91 Å². The monoisotopic (exact) mass is 333 g/mol. The topological polar surface area (TPSA) is 71.0 Å². The summed E-state index contributed by atoms with van der Waals surface area (Å²) in [6.07, 6.45) is 1.48. The number of carbonyl (C=O) groups excluding carboxylic acids is 1. The maximum atomic E-state index is 12.6. The molecule has 0 atom stereocenters. The van der Waals surface area contributed by atoms with Crippen molar-refractivity contribution < 1.29 is 14.3 Å². The predicted molar refractivity (Wildman–Crippen MR) is 87.1 cm³/mol. The van der Waals surface area contributed by atoms with Gasteiger partial charge in [-0.2, -0.15) is 0 Å². The number of hydrogen-bond acceptors (Lipinski definition) is 7. The van der Waals surface area contributed by atoms with Gasteiger partial charge in [0, 0.05) is 51.4 Å². The van der Waals surface area contributed by atoms with Crippen LogP contribution in [0.5, 0.6) is 0 Å². The standard InChI is InChI=1S/C16H23N5O3/c22-16(21-10-13(11-21)19-1-5-23-6-2-19)14-9-15(18-12-17-14)20-3-7-24-8-4-20/h9,12-13H,1-8,10-11H2. The first-order valence-corrected chi connectivity index (χ1v) is 8.57. The summed E-state index contributed by atoms with van der Waals surface area (Å²) in [5.74, 6) is 0.804. The van der Waals surface area contributed by atoms with E-state index < -0.39 is 0 Å². The summed E-state index contributed by atoms with van der Waals surface area (Å²) < 4.78 is 10.7. The van der Waals surface area contributed by atoms with E-state index in [1.54, 1.807) is 6.07 Å². The molecule has 0 unspecified atom stereocenters. The number of hydrogen-bond donors (Lipinski definition) is 0. The molecular formula is C16H23N5O3. The van der Waals surface area contributed by atoms with Crippen LogP contribution >= 0.6 is 0 Å². The fraction of sp³-hybridized carbons (Fsp3) is 0.688. The van der Waals surface area contributed by atoms with Gasteiger partial charge in [-0.25, -0.2) is 9.97 Å². The average molecular weight is 333 g/mol. The second-order valence-corrected chi connectivity index (χ2v) is 6.37. The molecule has 0 N–H and O–H groups in total. The van der Waals surface area contributed by atoms with Crippen molar-refractivity contribution in [3.05, 3.63) is 18.1 Å². The number of carbonyl (C=O) groups is 1. The van der Waals surface area contributed by atoms with Crippen molar-refractivity contribution in [2.75, 3.05) is 70.6 Å². The average Bonchev–Trinajstić information content (AvgIpc) is 2.62. The van der Waals surface area contributed by atoms with Gasteiger partial charge in [-0.05, 0) is 0 Å². The minimum absolute atomic E-state index is 0.00332. The van der Waals surface area contributed by atoms with Crippen molar-refractivity contribution in [3.63, 3.8) is 0 Å². The third kappa shape index (κ3) is 3.22. The molecule has 24 heavy (non-hydrogen) atoms. The van der Waals surface area contributed by atoms with Gasteiger partial charge in [0.15, 0.2) is 0 Å².